The monoisotopic (exact) mass is 266 g/mol. The fraction of sp³-hybridized carbons (Fsp3) is 0.462. The highest BCUT2D eigenvalue weighted by Gasteiger charge is 2.15. The van der Waals surface area contributed by atoms with Crippen LogP contribution in [0.4, 0.5) is 0 Å². The van der Waals surface area contributed by atoms with Crippen LogP contribution in [0.1, 0.15) is 11.1 Å². The van der Waals surface area contributed by atoms with E-state index in [-0.39, 0.29) is 5.84 Å². The van der Waals surface area contributed by atoms with Gasteiger partial charge in [-0.1, -0.05) is 23.7 Å². The molecule has 1 aliphatic heterocycles. The van der Waals surface area contributed by atoms with Crippen LogP contribution in [0.15, 0.2) is 18.2 Å². The lowest BCUT2D eigenvalue weighted by molar-refractivity contribution is 0.148. The number of piperazine rings is 1. The molecule has 0 unspecified atom stereocenters. The van der Waals surface area contributed by atoms with Gasteiger partial charge >= 0.3 is 0 Å². The van der Waals surface area contributed by atoms with Gasteiger partial charge in [0, 0.05) is 43.3 Å². The third-order valence-corrected chi connectivity index (χ3v) is 3.71. The quantitative estimate of drug-likeness (QED) is 0.642. The topological polar surface area (TPSA) is 56.4 Å². The summed E-state index contributed by atoms with van der Waals surface area (Å²) in [6.45, 7) is 5.21. The zero-order valence-corrected chi connectivity index (χ0v) is 11.4. The third kappa shape index (κ3) is 3.22. The highest BCUT2D eigenvalue weighted by atomic mass is 35.5. The van der Waals surface area contributed by atoms with Gasteiger partial charge in [-0.3, -0.25) is 10.3 Å². The molecule has 0 saturated carbocycles. The van der Waals surface area contributed by atoms with E-state index >= 15 is 0 Å². The number of halogens is 1. The minimum atomic E-state index is 0.0584. The standard InChI is InChI=1S/C13H19ClN4/c1-17-4-6-18(7-5-17)9-11-3-2-10(13(15)16)8-12(11)14/h2-3,8H,4-7,9H2,1H3,(H3,15,16). The largest absolute Gasteiger partial charge is 0.384 e. The Kier molecular flexibility index (Phi) is 4.22. The maximum Gasteiger partial charge on any atom is 0.122 e. The highest BCUT2D eigenvalue weighted by Crippen LogP contribution is 2.20. The first-order valence-corrected chi connectivity index (χ1v) is 6.48. The van der Waals surface area contributed by atoms with Crippen LogP contribution in [0.2, 0.25) is 5.02 Å². The van der Waals surface area contributed by atoms with Crippen molar-refractivity contribution in [2.24, 2.45) is 5.73 Å². The number of likely N-dealkylation sites (N-methyl/N-ethyl adjacent to an activating group) is 1. The molecular formula is C13H19ClN4. The van der Waals surface area contributed by atoms with Gasteiger partial charge in [0.15, 0.2) is 0 Å². The molecule has 5 heteroatoms. The summed E-state index contributed by atoms with van der Waals surface area (Å²) in [5.74, 6) is 0.0584. The predicted octanol–water partition coefficient (Wildman–Crippen LogP) is 1.37. The Bertz CT molecular complexity index is 439. The van der Waals surface area contributed by atoms with E-state index in [1.165, 1.54) is 0 Å². The smallest absolute Gasteiger partial charge is 0.122 e. The molecule has 2 rings (SSSR count). The van der Waals surface area contributed by atoms with Crippen LogP contribution in [0, 0.1) is 5.41 Å². The van der Waals surface area contributed by atoms with Gasteiger partial charge in [-0.15, -0.1) is 0 Å². The molecule has 4 nitrogen and oxygen atoms in total. The van der Waals surface area contributed by atoms with Crippen LogP contribution in [0.3, 0.4) is 0 Å². The van der Waals surface area contributed by atoms with Gasteiger partial charge in [-0.25, -0.2) is 0 Å². The van der Waals surface area contributed by atoms with Crippen LogP contribution in [-0.2, 0) is 6.54 Å². The number of hydrogen-bond acceptors (Lipinski definition) is 3. The molecule has 1 saturated heterocycles. The van der Waals surface area contributed by atoms with E-state index in [2.05, 4.69) is 16.8 Å². The minimum absolute atomic E-state index is 0.0584. The van der Waals surface area contributed by atoms with Crippen LogP contribution in [-0.4, -0.2) is 48.9 Å². The van der Waals surface area contributed by atoms with E-state index in [4.69, 9.17) is 22.7 Å². The molecule has 1 fully saturated rings. The summed E-state index contributed by atoms with van der Waals surface area (Å²) in [4.78, 5) is 4.73. The fourth-order valence-electron chi connectivity index (χ4n) is 2.09. The Morgan fingerprint density at radius 3 is 2.56 bits per heavy atom. The molecule has 0 bridgehead atoms. The van der Waals surface area contributed by atoms with E-state index in [9.17, 15) is 0 Å². The van der Waals surface area contributed by atoms with E-state index in [0.29, 0.717) is 10.6 Å². The summed E-state index contributed by atoms with van der Waals surface area (Å²) in [7, 11) is 2.14. The fourth-order valence-corrected chi connectivity index (χ4v) is 2.33. The van der Waals surface area contributed by atoms with Crippen molar-refractivity contribution in [1.29, 1.82) is 5.41 Å². The lowest BCUT2D eigenvalue weighted by atomic mass is 10.1. The van der Waals surface area contributed by atoms with Crippen molar-refractivity contribution in [2.45, 2.75) is 6.54 Å². The normalized spacial score (nSPS) is 17.9. The minimum Gasteiger partial charge on any atom is -0.384 e. The van der Waals surface area contributed by atoms with Crippen molar-refractivity contribution in [3.63, 3.8) is 0 Å². The molecule has 0 spiro atoms. The Morgan fingerprint density at radius 1 is 1.33 bits per heavy atom. The summed E-state index contributed by atoms with van der Waals surface area (Å²) < 4.78 is 0. The predicted molar refractivity (Wildman–Crippen MR) is 75.2 cm³/mol. The first kappa shape index (κ1) is 13.3. The molecule has 1 aromatic carbocycles. The Hall–Kier alpha value is -1.10. The molecule has 0 atom stereocenters. The van der Waals surface area contributed by atoms with Gasteiger partial charge < -0.3 is 10.6 Å². The van der Waals surface area contributed by atoms with Crippen molar-refractivity contribution in [2.75, 3.05) is 33.2 Å². The molecule has 98 valence electrons. The van der Waals surface area contributed by atoms with E-state index in [1.54, 1.807) is 6.07 Å². The molecule has 1 aromatic rings. The maximum atomic E-state index is 7.38. The summed E-state index contributed by atoms with van der Waals surface area (Å²) in [6.07, 6.45) is 0. The van der Waals surface area contributed by atoms with Crippen LogP contribution in [0.25, 0.3) is 0 Å². The lowest BCUT2D eigenvalue weighted by Crippen LogP contribution is -2.43. The van der Waals surface area contributed by atoms with Crippen LogP contribution < -0.4 is 5.73 Å². The van der Waals surface area contributed by atoms with Gasteiger partial charge in [0.25, 0.3) is 0 Å². The second kappa shape index (κ2) is 5.69. The second-order valence-corrected chi connectivity index (χ2v) is 5.21. The van der Waals surface area contributed by atoms with Crippen molar-refractivity contribution in [1.82, 2.24) is 9.80 Å². The number of amidine groups is 1. The molecule has 0 radical (unpaired) electrons. The average Bonchev–Trinajstić information content (AvgIpc) is 2.34. The molecule has 18 heavy (non-hydrogen) atoms. The van der Waals surface area contributed by atoms with Crippen molar-refractivity contribution in [3.8, 4) is 0 Å². The van der Waals surface area contributed by atoms with Gasteiger partial charge in [0.05, 0.1) is 0 Å². The molecular weight excluding hydrogens is 248 g/mol. The lowest BCUT2D eigenvalue weighted by Gasteiger charge is -2.32. The SMILES string of the molecule is CN1CCN(Cc2ccc(C(=N)N)cc2Cl)CC1. The molecule has 3 N–H and O–H groups in total. The van der Waals surface area contributed by atoms with E-state index < -0.39 is 0 Å². The summed E-state index contributed by atoms with van der Waals surface area (Å²) in [5.41, 5.74) is 7.23. The Labute approximate surface area is 113 Å². The number of nitrogens with one attached hydrogen (secondary N) is 1. The van der Waals surface area contributed by atoms with Crippen LogP contribution in [0.5, 0.6) is 0 Å². The summed E-state index contributed by atoms with van der Waals surface area (Å²) >= 11 is 6.23. The first-order valence-electron chi connectivity index (χ1n) is 6.10. The van der Waals surface area contributed by atoms with E-state index in [1.807, 2.05) is 12.1 Å². The highest BCUT2D eigenvalue weighted by molar-refractivity contribution is 6.31. The van der Waals surface area contributed by atoms with Crippen molar-refractivity contribution in [3.05, 3.63) is 34.3 Å². The van der Waals surface area contributed by atoms with Crippen LogP contribution >= 0.6 is 11.6 Å². The molecule has 0 aliphatic carbocycles. The molecule has 0 amide bonds. The Morgan fingerprint density at radius 2 is 2.00 bits per heavy atom. The van der Waals surface area contributed by atoms with Crippen molar-refractivity contribution >= 4 is 17.4 Å². The zero-order valence-electron chi connectivity index (χ0n) is 10.6. The second-order valence-electron chi connectivity index (χ2n) is 4.80. The third-order valence-electron chi connectivity index (χ3n) is 3.35. The number of benzene rings is 1. The average molecular weight is 267 g/mol. The summed E-state index contributed by atoms with van der Waals surface area (Å²) in [5, 5.41) is 8.08. The van der Waals surface area contributed by atoms with Gasteiger partial charge in [-0.05, 0) is 18.7 Å². The number of nitrogen functional groups attached to an aromatic ring is 1. The molecule has 1 heterocycles. The zero-order chi connectivity index (χ0) is 13.1. The number of rotatable bonds is 3. The number of nitrogens with zero attached hydrogens (tertiary/aromatic N) is 2. The van der Waals surface area contributed by atoms with Crippen molar-refractivity contribution < 1.29 is 0 Å². The van der Waals surface area contributed by atoms with Gasteiger partial charge in [-0.2, -0.15) is 0 Å². The molecule has 0 aromatic heterocycles. The number of hydrogen-bond donors (Lipinski definition) is 2. The number of nitrogens with two attached hydrogens (primary N) is 1. The van der Waals surface area contributed by atoms with Gasteiger partial charge in [0.2, 0.25) is 0 Å². The van der Waals surface area contributed by atoms with Gasteiger partial charge in [0.1, 0.15) is 5.84 Å². The van der Waals surface area contributed by atoms with E-state index in [0.717, 1.165) is 38.3 Å². The Balaban J connectivity index is 2.03. The maximum absolute atomic E-state index is 7.38. The summed E-state index contributed by atoms with van der Waals surface area (Å²) in [6, 6.07) is 5.60. The first-order chi connectivity index (χ1) is 8.56. The molecule has 1 aliphatic rings.